The van der Waals surface area contributed by atoms with Crippen LogP contribution in [0.4, 0.5) is 5.69 Å². The molecular weight excluding hydrogens is 398 g/mol. The molecule has 6 nitrogen and oxygen atoms in total. The first-order chi connectivity index (χ1) is 13.3. The number of fused-ring (bicyclic) bond motifs is 1. The van der Waals surface area contributed by atoms with Crippen LogP contribution in [0.15, 0.2) is 42.6 Å². The summed E-state index contributed by atoms with van der Waals surface area (Å²) in [4.78, 5) is 15.1. The van der Waals surface area contributed by atoms with Crippen LogP contribution in [-0.2, 0) is 10.9 Å². The number of primary amides is 1. The fraction of sp³-hybridized carbons (Fsp3) is 0.150. The van der Waals surface area contributed by atoms with E-state index in [0.29, 0.717) is 27.4 Å². The molecule has 1 amide bonds. The lowest BCUT2D eigenvalue weighted by atomic mass is 9.96. The predicted octanol–water partition coefficient (Wildman–Crippen LogP) is 4.07. The lowest BCUT2D eigenvalue weighted by Crippen LogP contribution is -2.13. The summed E-state index contributed by atoms with van der Waals surface area (Å²) in [6, 6.07) is 8.60. The molecule has 0 saturated carbocycles. The smallest absolute Gasteiger partial charge is 0.250 e. The first-order valence-electron chi connectivity index (χ1n) is 8.54. The molecule has 0 atom stereocenters. The summed E-state index contributed by atoms with van der Waals surface area (Å²) in [6.07, 6.45) is 3.12. The number of amides is 1. The van der Waals surface area contributed by atoms with Crippen LogP contribution < -0.4 is 10.0 Å². The van der Waals surface area contributed by atoms with Gasteiger partial charge in [0.25, 0.3) is 5.91 Å². The van der Waals surface area contributed by atoms with Gasteiger partial charge in [-0.25, -0.2) is 12.7 Å². The van der Waals surface area contributed by atoms with Gasteiger partial charge in [-0.15, -0.1) is 0 Å². The highest BCUT2D eigenvalue weighted by Gasteiger charge is 2.20. The van der Waals surface area contributed by atoms with E-state index < -0.39 is 16.8 Å². The van der Waals surface area contributed by atoms with Crippen LogP contribution in [0.1, 0.15) is 28.5 Å². The molecule has 0 aliphatic heterocycles. The average Bonchev–Trinajstić information content (AvgIpc) is 2.93. The van der Waals surface area contributed by atoms with Crippen molar-refractivity contribution in [2.24, 2.45) is 5.73 Å². The zero-order valence-corrected chi connectivity index (χ0v) is 17.3. The summed E-state index contributed by atoms with van der Waals surface area (Å²) in [6.45, 7) is 5.58. The van der Waals surface area contributed by atoms with Crippen molar-refractivity contribution in [3.63, 3.8) is 0 Å². The SMILES string of the molecule is CC=CN(c1cccc(-c2c(Cl)cc(C(N)=O)c3[nH]c(C)c(C)c23)c1)[SH](=O)=O. The van der Waals surface area contributed by atoms with Crippen LogP contribution in [0.25, 0.3) is 22.0 Å². The second-order valence-corrected chi connectivity index (χ2v) is 7.70. The van der Waals surface area contributed by atoms with E-state index in [4.69, 9.17) is 17.3 Å². The molecule has 146 valence electrons. The average molecular weight is 418 g/mol. The van der Waals surface area contributed by atoms with Gasteiger partial charge in [0, 0.05) is 27.9 Å². The van der Waals surface area contributed by atoms with E-state index in [2.05, 4.69) is 4.98 Å². The zero-order valence-electron chi connectivity index (χ0n) is 15.6. The summed E-state index contributed by atoms with van der Waals surface area (Å²) < 4.78 is 24.4. The molecule has 0 saturated heterocycles. The van der Waals surface area contributed by atoms with Crippen molar-refractivity contribution in [3.8, 4) is 11.1 Å². The number of H-pyrrole nitrogens is 1. The van der Waals surface area contributed by atoms with Gasteiger partial charge in [-0.3, -0.25) is 4.79 Å². The first-order valence-corrected chi connectivity index (χ1v) is 10.0. The Kier molecular flexibility index (Phi) is 5.49. The van der Waals surface area contributed by atoms with Gasteiger partial charge in [-0.2, -0.15) is 0 Å². The number of aryl methyl sites for hydroxylation is 2. The molecular formula is C20H20ClN3O3S. The maximum atomic E-state index is 11.9. The summed E-state index contributed by atoms with van der Waals surface area (Å²) in [5.74, 6) is -0.573. The number of nitrogens with zero attached hydrogens (tertiary/aromatic N) is 1. The second-order valence-electron chi connectivity index (χ2n) is 6.39. The molecule has 3 rings (SSSR count). The van der Waals surface area contributed by atoms with Gasteiger partial charge in [0.15, 0.2) is 0 Å². The monoisotopic (exact) mass is 417 g/mol. The van der Waals surface area contributed by atoms with Crippen LogP contribution in [0.2, 0.25) is 5.02 Å². The van der Waals surface area contributed by atoms with Gasteiger partial charge in [0.1, 0.15) is 0 Å². The predicted molar refractivity (Wildman–Crippen MR) is 114 cm³/mol. The lowest BCUT2D eigenvalue weighted by molar-refractivity contribution is 0.100. The number of allylic oxidation sites excluding steroid dienone is 1. The Bertz CT molecular complexity index is 1190. The van der Waals surface area contributed by atoms with E-state index in [9.17, 15) is 13.2 Å². The van der Waals surface area contributed by atoms with E-state index in [-0.39, 0.29) is 0 Å². The van der Waals surface area contributed by atoms with Crippen molar-refractivity contribution in [3.05, 3.63) is 64.5 Å². The van der Waals surface area contributed by atoms with Gasteiger partial charge in [-0.1, -0.05) is 29.8 Å². The van der Waals surface area contributed by atoms with Crippen molar-refractivity contribution in [1.29, 1.82) is 0 Å². The van der Waals surface area contributed by atoms with Crippen molar-refractivity contribution in [2.75, 3.05) is 4.31 Å². The quantitative estimate of drug-likeness (QED) is 0.546. The summed E-state index contributed by atoms with van der Waals surface area (Å²) in [5.41, 5.74) is 10.2. The topological polar surface area (TPSA) is 96.3 Å². The van der Waals surface area contributed by atoms with E-state index in [1.54, 1.807) is 37.3 Å². The number of aromatic amines is 1. The minimum Gasteiger partial charge on any atom is -0.366 e. The maximum absolute atomic E-state index is 11.9. The van der Waals surface area contributed by atoms with E-state index >= 15 is 0 Å². The molecule has 0 unspecified atom stereocenters. The van der Waals surface area contributed by atoms with Crippen molar-refractivity contribution >= 4 is 45.0 Å². The highest BCUT2D eigenvalue weighted by atomic mass is 35.5. The number of aromatic nitrogens is 1. The van der Waals surface area contributed by atoms with Crippen LogP contribution >= 0.6 is 11.6 Å². The third kappa shape index (κ3) is 3.39. The fourth-order valence-electron chi connectivity index (χ4n) is 3.28. The summed E-state index contributed by atoms with van der Waals surface area (Å²) in [7, 11) is -2.84. The van der Waals surface area contributed by atoms with Crippen LogP contribution in [0.3, 0.4) is 0 Å². The van der Waals surface area contributed by atoms with Crippen molar-refractivity contribution in [1.82, 2.24) is 4.98 Å². The highest BCUT2D eigenvalue weighted by molar-refractivity contribution is 7.74. The van der Waals surface area contributed by atoms with Crippen LogP contribution in [0, 0.1) is 13.8 Å². The second kappa shape index (κ2) is 7.69. The van der Waals surface area contributed by atoms with E-state index in [0.717, 1.165) is 26.5 Å². The van der Waals surface area contributed by atoms with Gasteiger partial charge >= 0.3 is 0 Å². The number of anilines is 1. The Morgan fingerprint density at radius 2 is 1.96 bits per heavy atom. The Labute approximate surface area is 169 Å². The number of nitrogens with one attached hydrogen (secondary N) is 1. The standard InChI is InChI=1S/C20H20ClN3O3S/c1-4-8-24(28(26)27)14-7-5-6-13(9-14)18-16(21)10-15(20(22)25)19-17(18)11(2)12(3)23-19/h4-10,23,28H,1-3H3,(H2,22,25). The molecule has 2 aromatic carbocycles. The summed E-state index contributed by atoms with van der Waals surface area (Å²) >= 11 is 6.56. The number of benzene rings is 2. The highest BCUT2D eigenvalue weighted by Crippen LogP contribution is 2.40. The number of hydrogen-bond acceptors (Lipinski definition) is 3. The molecule has 0 bridgehead atoms. The summed E-state index contributed by atoms with van der Waals surface area (Å²) in [5, 5.41) is 1.16. The number of carbonyl (C=O) groups excluding carboxylic acids is 1. The molecule has 0 fully saturated rings. The molecule has 0 radical (unpaired) electrons. The third-order valence-corrected chi connectivity index (χ3v) is 5.67. The molecule has 0 spiro atoms. The van der Waals surface area contributed by atoms with E-state index in [1.807, 2.05) is 19.9 Å². The largest absolute Gasteiger partial charge is 0.366 e. The number of rotatable bonds is 5. The third-order valence-electron chi connectivity index (χ3n) is 4.66. The lowest BCUT2D eigenvalue weighted by Gasteiger charge is -2.15. The van der Waals surface area contributed by atoms with E-state index in [1.165, 1.54) is 6.20 Å². The minimum atomic E-state index is -2.84. The van der Waals surface area contributed by atoms with Crippen LogP contribution in [0.5, 0.6) is 0 Å². The van der Waals surface area contributed by atoms with Crippen LogP contribution in [-0.4, -0.2) is 19.3 Å². The van der Waals surface area contributed by atoms with Gasteiger partial charge < -0.3 is 10.7 Å². The van der Waals surface area contributed by atoms with Gasteiger partial charge in [0.05, 0.1) is 16.8 Å². The zero-order chi connectivity index (χ0) is 20.6. The fourth-order valence-corrected chi connectivity index (χ4v) is 4.15. The molecule has 3 aromatic rings. The molecule has 0 aliphatic carbocycles. The molecule has 28 heavy (non-hydrogen) atoms. The number of hydrogen-bond donors (Lipinski definition) is 3. The molecule has 1 aromatic heterocycles. The van der Waals surface area contributed by atoms with Gasteiger partial charge in [0.2, 0.25) is 10.9 Å². The van der Waals surface area contributed by atoms with Crippen molar-refractivity contribution in [2.45, 2.75) is 20.8 Å². The Morgan fingerprint density at radius 1 is 1.25 bits per heavy atom. The van der Waals surface area contributed by atoms with Crippen molar-refractivity contribution < 1.29 is 13.2 Å². The number of thiol groups is 1. The molecule has 8 heteroatoms. The normalized spacial score (nSPS) is 11.6. The minimum absolute atomic E-state index is 0.314. The first kappa shape index (κ1) is 20.0. The van der Waals surface area contributed by atoms with Gasteiger partial charge in [-0.05, 0) is 50.1 Å². The number of nitrogens with two attached hydrogens (primary N) is 1. The number of carbonyl (C=O) groups is 1. The number of halogens is 1. The molecule has 1 heterocycles. The Balaban J connectivity index is 2.34. The molecule has 0 aliphatic rings. The molecule has 3 N–H and O–H groups in total. The maximum Gasteiger partial charge on any atom is 0.250 e. The Morgan fingerprint density at radius 3 is 2.57 bits per heavy atom. The Hall–Kier alpha value is -2.77.